The number of pyridine rings is 2. The molecule has 17 heavy (non-hydrogen) atoms. The molecule has 0 aliphatic rings. The average molecular weight is 294 g/mol. The minimum Gasteiger partial charge on any atom is -0.318 e. The predicted molar refractivity (Wildman–Crippen MR) is 67.0 cm³/mol. The third-order valence-corrected chi connectivity index (χ3v) is 2.65. The Labute approximate surface area is 105 Å². The van der Waals surface area contributed by atoms with E-state index in [4.69, 9.17) is 0 Å². The number of carbonyl (C=O) groups excluding carboxylic acids is 1. The Morgan fingerprint density at radius 3 is 2.82 bits per heavy atom. The lowest BCUT2D eigenvalue weighted by Gasteiger charge is -2.05. The molecular weight excluding hydrogens is 286 g/mol. The summed E-state index contributed by atoms with van der Waals surface area (Å²) in [4.78, 5) is 29.3. The van der Waals surface area contributed by atoms with E-state index in [9.17, 15) is 9.59 Å². The summed E-state index contributed by atoms with van der Waals surface area (Å²) in [6.07, 6.45) is 1.60. The van der Waals surface area contributed by atoms with Gasteiger partial charge in [0.1, 0.15) is 10.3 Å². The first kappa shape index (κ1) is 11.5. The Morgan fingerprint density at radius 2 is 2.12 bits per heavy atom. The van der Waals surface area contributed by atoms with Crippen molar-refractivity contribution in [1.29, 1.82) is 0 Å². The molecule has 0 spiro atoms. The summed E-state index contributed by atoms with van der Waals surface area (Å²) in [5.41, 5.74) is 0.429. The van der Waals surface area contributed by atoms with Gasteiger partial charge in [-0.1, -0.05) is 6.07 Å². The maximum absolute atomic E-state index is 11.8. The summed E-state index contributed by atoms with van der Waals surface area (Å²) in [5.74, 6) is -0.392. The van der Waals surface area contributed by atoms with Crippen molar-refractivity contribution < 1.29 is 4.79 Å². The molecule has 0 radical (unpaired) electrons. The van der Waals surface area contributed by atoms with Gasteiger partial charge in [0.2, 0.25) is 5.56 Å². The number of anilines is 1. The second-order valence-electron chi connectivity index (χ2n) is 3.22. The van der Waals surface area contributed by atoms with Gasteiger partial charge in [-0.2, -0.15) is 0 Å². The molecule has 2 aromatic heterocycles. The van der Waals surface area contributed by atoms with E-state index in [1.165, 1.54) is 18.2 Å². The molecule has 0 atom stereocenters. The summed E-state index contributed by atoms with van der Waals surface area (Å²) in [5, 5.41) is 2.64. The first-order chi connectivity index (χ1) is 8.16. The molecule has 0 aliphatic carbocycles. The highest BCUT2D eigenvalue weighted by molar-refractivity contribution is 9.10. The minimum absolute atomic E-state index is 0.202. The molecule has 0 bridgehead atoms. The highest BCUT2D eigenvalue weighted by Gasteiger charge is 2.08. The lowest BCUT2D eigenvalue weighted by molar-refractivity contribution is 0.102. The number of hydrogen-bond donors (Lipinski definition) is 2. The lowest BCUT2D eigenvalue weighted by atomic mass is 10.3. The van der Waals surface area contributed by atoms with Crippen molar-refractivity contribution in [3.63, 3.8) is 0 Å². The zero-order valence-electron chi connectivity index (χ0n) is 8.61. The number of nitrogens with one attached hydrogen (secondary N) is 2. The maximum Gasteiger partial charge on any atom is 0.272 e. The van der Waals surface area contributed by atoms with Crippen LogP contribution in [0.5, 0.6) is 0 Å². The van der Waals surface area contributed by atoms with Crippen molar-refractivity contribution >= 4 is 27.5 Å². The summed E-state index contributed by atoms with van der Waals surface area (Å²) in [7, 11) is 0. The fourth-order valence-corrected chi connectivity index (χ4v) is 1.60. The molecule has 1 amide bonds. The quantitative estimate of drug-likeness (QED) is 0.829. The van der Waals surface area contributed by atoms with E-state index < -0.39 is 5.91 Å². The van der Waals surface area contributed by atoms with Crippen LogP contribution in [0.4, 0.5) is 5.69 Å². The van der Waals surface area contributed by atoms with E-state index in [1.54, 1.807) is 18.3 Å². The number of amides is 1. The number of aromatic nitrogens is 2. The van der Waals surface area contributed by atoms with Crippen LogP contribution in [0, 0.1) is 0 Å². The molecule has 0 aliphatic heterocycles. The van der Waals surface area contributed by atoms with E-state index in [0.717, 1.165) is 0 Å². The van der Waals surface area contributed by atoms with Crippen molar-refractivity contribution in [2.24, 2.45) is 0 Å². The predicted octanol–water partition coefficient (Wildman–Crippen LogP) is 1.78. The molecule has 0 saturated carbocycles. The van der Waals surface area contributed by atoms with Crippen LogP contribution in [0.2, 0.25) is 0 Å². The van der Waals surface area contributed by atoms with E-state index in [2.05, 4.69) is 31.2 Å². The van der Waals surface area contributed by atoms with E-state index in [0.29, 0.717) is 10.3 Å². The molecule has 6 heteroatoms. The molecule has 0 fully saturated rings. The smallest absolute Gasteiger partial charge is 0.272 e. The van der Waals surface area contributed by atoms with Gasteiger partial charge in [-0.25, -0.2) is 4.98 Å². The van der Waals surface area contributed by atoms with Gasteiger partial charge in [-0.05, 0) is 34.1 Å². The molecule has 2 N–H and O–H groups in total. The summed E-state index contributed by atoms with van der Waals surface area (Å²) in [6.45, 7) is 0. The fourth-order valence-electron chi connectivity index (χ4n) is 1.25. The largest absolute Gasteiger partial charge is 0.318 e. The van der Waals surface area contributed by atoms with Crippen molar-refractivity contribution in [3.05, 3.63) is 57.2 Å². The van der Waals surface area contributed by atoms with Gasteiger partial charge in [-0.15, -0.1) is 0 Å². The summed E-state index contributed by atoms with van der Waals surface area (Å²) >= 11 is 3.21. The molecule has 86 valence electrons. The van der Waals surface area contributed by atoms with Gasteiger partial charge in [-0.3, -0.25) is 9.59 Å². The highest BCUT2D eigenvalue weighted by atomic mass is 79.9. The van der Waals surface area contributed by atoms with E-state index in [-0.39, 0.29) is 11.3 Å². The van der Waals surface area contributed by atoms with Gasteiger partial charge >= 0.3 is 0 Å². The van der Waals surface area contributed by atoms with Crippen LogP contribution >= 0.6 is 15.9 Å². The number of rotatable bonds is 2. The van der Waals surface area contributed by atoms with Crippen molar-refractivity contribution in [2.45, 2.75) is 0 Å². The molecule has 2 heterocycles. The first-order valence-electron chi connectivity index (χ1n) is 4.78. The molecule has 2 aromatic rings. The van der Waals surface area contributed by atoms with Crippen LogP contribution in [0.3, 0.4) is 0 Å². The summed E-state index contributed by atoms with van der Waals surface area (Å²) in [6, 6.07) is 7.80. The second kappa shape index (κ2) is 4.92. The van der Waals surface area contributed by atoms with Gasteiger partial charge in [0.05, 0.1) is 5.69 Å². The molecular formula is C11H8BrN3O2. The highest BCUT2D eigenvalue weighted by Crippen LogP contribution is 2.18. The van der Waals surface area contributed by atoms with E-state index >= 15 is 0 Å². The number of hydrogen-bond acceptors (Lipinski definition) is 3. The molecule has 0 saturated heterocycles. The maximum atomic E-state index is 11.8. The van der Waals surface area contributed by atoms with Gasteiger partial charge in [0.25, 0.3) is 5.91 Å². The van der Waals surface area contributed by atoms with Crippen LogP contribution in [-0.2, 0) is 0 Å². The third-order valence-electron chi connectivity index (χ3n) is 2.02. The number of halogens is 1. The monoisotopic (exact) mass is 293 g/mol. The van der Waals surface area contributed by atoms with Crippen LogP contribution < -0.4 is 10.9 Å². The molecule has 0 aromatic carbocycles. The van der Waals surface area contributed by atoms with Crippen molar-refractivity contribution in [2.75, 3.05) is 5.32 Å². The summed E-state index contributed by atoms with van der Waals surface area (Å²) < 4.78 is 0.534. The number of aromatic amines is 1. The van der Waals surface area contributed by atoms with Gasteiger partial charge < -0.3 is 10.3 Å². The van der Waals surface area contributed by atoms with Crippen LogP contribution in [0.15, 0.2) is 45.9 Å². The van der Waals surface area contributed by atoms with Crippen molar-refractivity contribution in [3.8, 4) is 0 Å². The number of H-pyrrole nitrogens is 1. The SMILES string of the molecule is O=C(Nc1cccnc1Br)c1cccc(=O)[nH]1. The molecule has 2 rings (SSSR count). The zero-order chi connectivity index (χ0) is 12.3. The number of carbonyl (C=O) groups is 1. The Balaban J connectivity index is 2.23. The Hall–Kier alpha value is -1.95. The Kier molecular flexibility index (Phi) is 3.34. The topological polar surface area (TPSA) is 74.8 Å². The van der Waals surface area contributed by atoms with Crippen LogP contribution in [0.25, 0.3) is 0 Å². The number of nitrogens with zero attached hydrogens (tertiary/aromatic N) is 1. The van der Waals surface area contributed by atoms with E-state index in [1.807, 2.05) is 0 Å². The third kappa shape index (κ3) is 2.79. The van der Waals surface area contributed by atoms with Crippen LogP contribution in [0.1, 0.15) is 10.5 Å². The minimum atomic E-state index is -0.392. The van der Waals surface area contributed by atoms with Gasteiger partial charge in [0, 0.05) is 12.3 Å². The lowest BCUT2D eigenvalue weighted by Crippen LogP contribution is -2.18. The van der Waals surface area contributed by atoms with Gasteiger partial charge in [0.15, 0.2) is 0 Å². The molecule has 0 unspecified atom stereocenters. The Bertz CT molecular complexity index is 609. The first-order valence-corrected chi connectivity index (χ1v) is 5.57. The standard InChI is InChI=1S/C11H8BrN3O2/c12-10-7(4-2-6-13-10)15-11(17)8-3-1-5-9(16)14-8/h1-6H,(H,14,16)(H,15,17). The second-order valence-corrected chi connectivity index (χ2v) is 3.98. The molecule has 5 nitrogen and oxygen atoms in total. The fraction of sp³-hybridized carbons (Fsp3) is 0. The zero-order valence-corrected chi connectivity index (χ0v) is 10.2. The van der Waals surface area contributed by atoms with Crippen LogP contribution in [-0.4, -0.2) is 15.9 Å². The normalized spacial score (nSPS) is 9.94. The Morgan fingerprint density at radius 1 is 1.29 bits per heavy atom. The van der Waals surface area contributed by atoms with Crippen molar-refractivity contribution in [1.82, 2.24) is 9.97 Å². The average Bonchev–Trinajstić information content (AvgIpc) is 2.32.